The van der Waals surface area contributed by atoms with Crippen molar-refractivity contribution in [3.63, 3.8) is 0 Å². The second kappa shape index (κ2) is 4.15. The average molecular weight is 252 g/mol. The fourth-order valence-corrected chi connectivity index (χ4v) is 7.06. The van der Waals surface area contributed by atoms with Crippen LogP contribution in [0, 0.1) is 23.2 Å². The van der Waals surface area contributed by atoms with Gasteiger partial charge in [0.05, 0.1) is 12.4 Å². The van der Waals surface area contributed by atoms with Crippen LogP contribution < -0.4 is 0 Å². The van der Waals surface area contributed by atoms with Crippen LogP contribution in [0.1, 0.15) is 33.1 Å². The molecule has 0 amide bonds. The first-order valence-corrected chi connectivity index (χ1v) is 8.67. The topological polar surface area (TPSA) is 0 Å². The van der Waals surface area contributed by atoms with Crippen molar-refractivity contribution in [3.8, 4) is 0 Å². The van der Waals surface area contributed by atoms with Crippen LogP contribution in [0.5, 0.6) is 0 Å². The van der Waals surface area contributed by atoms with E-state index in [1.165, 1.54) is 30.8 Å². The van der Waals surface area contributed by atoms with Gasteiger partial charge in [0.15, 0.2) is 0 Å². The van der Waals surface area contributed by atoms with Gasteiger partial charge in [0.2, 0.25) is 0 Å². The Labute approximate surface area is 109 Å². The van der Waals surface area contributed by atoms with Gasteiger partial charge in [-0.05, 0) is 36.0 Å². The third-order valence-electron chi connectivity index (χ3n) is 5.33. The minimum Gasteiger partial charge on any atom is -0.147 e. The molecule has 0 aromatic heterocycles. The smallest absolute Gasteiger partial charge is 0.0703 e. The lowest BCUT2D eigenvalue weighted by molar-refractivity contribution is -0.104. The highest BCUT2D eigenvalue weighted by Crippen LogP contribution is 2.65. The van der Waals surface area contributed by atoms with Crippen LogP contribution in [0.2, 0.25) is 5.82 Å². The van der Waals surface area contributed by atoms with E-state index < -0.39 is 0 Å². The predicted molar refractivity (Wildman–Crippen MR) is 76.3 cm³/mol. The molecule has 1 aliphatic heterocycles. The van der Waals surface area contributed by atoms with Gasteiger partial charge in [-0.25, -0.2) is 0 Å². The van der Waals surface area contributed by atoms with E-state index in [9.17, 15) is 0 Å². The molecule has 0 aromatic rings. The zero-order chi connectivity index (χ0) is 11.3. The number of rotatable bonds is 2. The molecule has 16 heavy (non-hydrogen) atoms. The van der Waals surface area contributed by atoms with Crippen LogP contribution in [-0.4, -0.2) is 23.9 Å². The lowest BCUT2D eigenvalue weighted by Crippen LogP contribution is -2.54. The van der Waals surface area contributed by atoms with Crippen molar-refractivity contribution >= 4 is 31.4 Å². The van der Waals surface area contributed by atoms with Crippen molar-refractivity contribution in [1.29, 1.82) is 0 Å². The molecular formula is C13H21BS2. The van der Waals surface area contributed by atoms with Gasteiger partial charge >= 0.3 is 0 Å². The summed E-state index contributed by atoms with van der Waals surface area (Å²) in [6.45, 7) is 4.94. The Morgan fingerprint density at radius 2 is 1.88 bits per heavy atom. The van der Waals surface area contributed by atoms with E-state index in [0.29, 0.717) is 11.2 Å². The fourth-order valence-electron chi connectivity index (χ4n) is 4.09. The SMILES string of the molecule is [B][C@@H]1C[C@@H]2C[C@H]([C@H]1CC1SCCS1)C2(C)C. The number of thioether (sulfide) groups is 2. The van der Waals surface area contributed by atoms with Crippen LogP contribution in [0.4, 0.5) is 0 Å². The third-order valence-corrected chi connectivity index (χ3v) is 8.41. The van der Waals surface area contributed by atoms with Crippen LogP contribution in [0.25, 0.3) is 0 Å². The minimum absolute atomic E-state index is 0.499. The summed E-state index contributed by atoms with van der Waals surface area (Å²) < 4.78 is 0.851. The largest absolute Gasteiger partial charge is 0.147 e. The maximum atomic E-state index is 6.38. The van der Waals surface area contributed by atoms with Crippen molar-refractivity contribution in [2.45, 2.75) is 43.5 Å². The van der Waals surface area contributed by atoms with Crippen LogP contribution >= 0.6 is 23.5 Å². The van der Waals surface area contributed by atoms with E-state index in [4.69, 9.17) is 7.85 Å². The van der Waals surface area contributed by atoms with Crippen molar-refractivity contribution in [2.75, 3.05) is 11.5 Å². The van der Waals surface area contributed by atoms with E-state index in [1.54, 1.807) is 0 Å². The van der Waals surface area contributed by atoms with Crippen molar-refractivity contribution in [3.05, 3.63) is 0 Å². The van der Waals surface area contributed by atoms with Gasteiger partial charge in [-0.3, -0.25) is 0 Å². The summed E-state index contributed by atoms with van der Waals surface area (Å²) in [6, 6.07) is 0. The molecule has 0 aromatic carbocycles. The Morgan fingerprint density at radius 3 is 2.50 bits per heavy atom. The number of fused-ring (bicyclic) bond motifs is 2. The molecule has 0 spiro atoms. The van der Waals surface area contributed by atoms with Crippen LogP contribution in [0.3, 0.4) is 0 Å². The van der Waals surface area contributed by atoms with Gasteiger partial charge in [0.25, 0.3) is 0 Å². The molecular weight excluding hydrogens is 231 g/mol. The van der Waals surface area contributed by atoms with Crippen molar-refractivity contribution < 1.29 is 0 Å². The first-order valence-electron chi connectivity index (χ1n) is 6.58. The second-order valence-corrected chi connectivity index (χ2v) is 9.25. The third kappa shape index (κ3) is 1.77. The Morgan fingerprint density at radius 1 is 1.19 bits per heavy atom. The Balaban J connectivity index is 1.68. The van der Waals surface area contributed by atoms with Gasteiger partial charge in [-0.1, -0.05) is 26.1 Å². The molecule has 4 fully saturated rings. The molecule has 2 bridgehead atoms. The molecule has 1 saturated heterocycles. The summed E-state index contributed by atoms with van der Waals surface area (Å²) in [5, 5.41) is 0. The van der Waals surface area contributed by atoms with Gasteiger partial charge in [-0.15, -0.1) is 23.5 Å². The molecule has 0 unspecified atom stereocenters. The first-order chi connectivity index (χ1) is 7.59. The monoisotopic (exact) mass is 252 g/mol. The first kappa shape index (κ1) is 11.8. The van der Waals surface area contributed by atoms with Crippen molar-refractivity contribution in [2.24, 2.45) is 23.2 Å². The van der Waals surface area contributed by atoms with Crippen LogP contribution in [0.15, 0.2) is 0 Å². The highest BCUT2D eigenvalue weighted by atomic mass is 32.2. The molecule has 0 nitrogen and oxygen atoms in total. The molecule has 4 rings (SSSR count). The minimum atomic E-state index is 0.499. The normalized spacial score (nSPS) is 46.6. The molecule has 4 atom stereocenters. The number of hydrogen-bond donors (Lipinski definition) is 0. The average Bonchev–Trinajstić information content (AvgIpc) is 2.73. The zero-order valence-corrected chi connectivity index (χ0v) is 11.9. The van der Waals surface area contributed by atoms with Gasteiger partial charge in [0.1, 0.15) is 0 Å². The van der Waals surface area contributed by atoms with Crippen molar-refractivity contribution in [1.82, 2.24) is 0 Å². The standard InChI is InChI=1S/C13H21BS2/c1-13(2)8-5-10(13)9(11(14)6-8)7-12-15-3-4-16-12/h8-12H,3-7H2,1-2H3/t8-,9+,10+,11+/m0/s1. The molecule has 0 N–H and O–H groups in total. The summed E-state index contributed by atoms with van der Waals surface area (Å²) in [5.74, 6) is 5.86. The summed E-state index contributed by atoms with van der Waals surface area (Å²) in [5.41, 5.74) is 0.592. The molecule has 3 heteroatoms. The highest BCUT2D eigenvalue weighted by Gasteiger charge is 2.56. The zero-order valence-electron chi connectivity index (χ0n) is 10.3. The second-order valence-electron chi connectivity index (χ2n) is 6.33. The lowest BCUT2D eigenvalue weighted by Gasteiger charge is -2.63. The lowest BCUT2D eigenvalue weighted by atomic mass is 9.40. The molecule has 2 radical (unpaired) electrons. The fraction of sp³-hybridized carbons (Fsp3) is 1.00. The Bertz CT molecular complexity index is 273. The van der Waals surface area contributed by atoms with E-state index in [0.717, 1.165) is 22.3 Å². The van der Waals surface area contributed by atoms with Crippen LogP contribution in [-0.2, 0) is 0 Å². The van der Waals surface area contributed by atoms with E-state index in [1.807, 2.05) is 0 Å². The highest BCUT2D eigenvalue weighted by molar-refractivity contribution is 8.20. The van der Waals surface area contributed by atoms with E-state index in [-0.39, 0.29) is 0 Å². The maximum absolute atomic E-state index is 6.38. The quantitative estimate of drug-likeness (QED) is 0.685. The Hall–Kier alpha value is 0.765. The Kier molecular flexibility index (Phi) is 3.07. The van der Waals surface area contributed by atoms with E-state index in [2.05, 4.69) is 37.4 Å². The summed E-state index contributed by atoms with van der Waals surface area (Å²) in [4.78, 5) is 0. The van der Waals surface area contributed by atoms with Gasteiger partial charge < -0.3 is 0 Å². The summed E-state index contributed by atoms with van der Waals surface area (Å²) in [6.07, 6.45) is 4.13. The summed E-state index contributed by atoms with van der Waals surface area (Å²) >= 11 is 4.33. The molecule has 3 aliphatic carbocycles. The molecule has 4 aliphatic rings. The summed E-state index contributed by atoms with van der Waals surface area (Å²) in [7, 11) is 6.38. The molecule has 1 heterocycles. The van der Waals surface area contributed by atoms with Gasteiger partial charge in [-0.2, -0.15) is 0 Å². The predicted octanol–water partition coefficient (Wildman–Crippen LogP) is 3.82. The molecule has 88 valence electrons. The van der Waals surface area contributed by atoms with Gasteiger partial charge in [0, 0.05) is 11.5 Å². The van der Waals surface area contributed by atoms with E-state index >= 15 is 0 Å². The number of hydrogen-bond acceptors (Lipinski definition) is 2. The maximum Gasteiger partial charge on any atom is 0.0703 e. The molecule has 3 saturated carbocycles.